The number of ether oxygens (including phenoxy) is 1. The van der Waals surface area contributed by atoms with Crippen molar-refractivity contribution < 1.29 is 9.53 Å². The van der Waals surface area contributed by atoms with Crippen LogP contribution in [0.2, 0.25) is 0 Å². The fourth-order valence-corrected chi connectivity index (χ4v) is 4.34. The molecule has 0 aliphatic carbocycles. The van der Waals surface area contributed by atoms with E-state index < -0.39 is 0 Å². The zero-order chi connectivity index (χ0) is 18.5. The van der Waals surface area contributed by atoms with Gasteiger partial charge in [0.15, 0.2) is 5.16 Å². The molecule has 1 amide bonds. The Morgan fingerprint density at radius 1 is 1.00 bits per heavy atom. The number of piperidine rings is 1. The van der Waals surface area contributed by atoms with Gasteiger partial charge >= 0.3 is 0 Å². The molecule has 27 heavy (non-hydrogen) atoms. The van der Waals surface area contributed by atoms with Gasteiger partial charge in [-0.1, -0.05) is 30.0 Å². The lowest BCUT2D eigenvalue weighted by atomic mass is 10.1. The van der Waals surface area contributed by atoms with E-state index in [0.29, 0.717) is 32.1 Å². The topological polar surface area (TPSA) is 63.5 Å². The summed E-state index contributed by atoms with van der Waals surface area (Å²) in [5, 5.41) is 9.67. The number of carbonyl (C=O) groups is 1. The molecule has 0 atom stereocenters. The van der Waals surface area contributed by atoms with Gasteiger partial charge in [0.1, 0.15) is 0 Å². The number of para-hydroxylation sites is 1. The highest BCUT2D eigenvalue weighted by molar-refractivity contribution is 7.99. The number of benzene rings is 1. The normalized spacial score (nSPS) is 17.9. The van der Waals surface area contributed by atoms with E-state index in [9.17, 15) is 4.79 Å². The largest absolute Gasteiger partial charge is 0.378 e. The Balaban J connectivity index is 1.54. The predicted molar refractivity (Wildman–Crippen MR) is 106 cm³/mol. The molecule has 1 aromatic carbocycles. The second-order valence-electron chi connectivity index (χ2n) is 6.78. The lowest BCUT2D eigenvalue weighted by Gasteiger charge is -2.28. The van der Waals surface area contributed by atoms with E-state index in [1.807, 2.05) is 23.1 Å². The zero-order valence-corrected chi connectivity index (χ0v) is 16.2. The number of rotatable bonds is 5. The van der Waals surface area contributed by atoms with Gasteiger partial charge < -0.3 is 14.5 Å². The minimum atomic E-state index is 0.130. The van der Waals surface area contributed by atoms with Crippen LogP contribution in [0.1, 0.15) is 19.3 Å². The van der Waals surface area contributed by atoms with E-state index in [0.717, 1.165) is 29.9 Å². The summed E-state index contributed by atoms with van der Waals surface area (Å²) in [6.07, 6.45) is 3.63. The van der Waals surface area contributed by atoms with Crippen LogP contribution in [0.4, 0.5) is 5.95 Å². The predicted octanol–water partition coefficient (Wildman–Crippen LogP) is 2.21. The summed E-state index contributed by atoms with van der Waals surface area (Å²) in [6.45, 7) is 4.59. The minimum absolute atomic E-state index is 0.130. The molecule has 0 saturated carbocycles. The molecular formula is C19H25N5O2S. The fourth-order valence-electron chi connectivity index (χ4n) is 3.49. The van der Waals surface area contributed by atoms with E-state index in [-0.39, 0.29) is 5.91 Å². The van der Waals surface area contributed by atoms with Crippen LogP contribution in [0.25, 0.3) is 5.69 Å². The van der Waals surface area contributed by atoms with Gasteiger partial charge in [-0.25, -0.2) is 0 Å². The average molecular weight is 388 g/mol. The number of carbonyl (C=O) groups excluding carboxylic acids is 1. The molecule has 0 bridgehead atoms. The highest BCUT2D eigenvalue weighted by Crippen LogP contribution is 2.28. The van der Waals surface area contributed by atoms with Gasteiger partial charge in [-0.15, -0.1) is 10.2 Å². The molecule has 144 valence electrons. The third-order valence-electron chi connectivity index (χ3n) is 4.96. The molecule has 2 aliphatic rings. The molecule has 3 heterocycles. The summed E-state index contributed by atoms with van der Waals surface area (Å²) < 4.78 is 7.41. The van der Waals surface area contributed by atoms with Crippen LogP contribution >= 0.6 is 11.8 Å². The van der Waals surface area contributed by atoms with Crippen molar-refractivity contribution >= 4 is 23.6 Å². The van der Waals surface area contributed by atoms with Crippen molar-refractivity contribution in [2.45, 2.75) is 24.4 Å². The number of hydrogen-bond donors (Lipinski definition) is 0. The van der Waals surface area contributed by atoms with Crippen LogP contribution in [0.15, 0.2) is 35.5 Å². The molecule has 0 unspecified atom stereocenters. The molecule has 0 N–H and O–H groups in total. The van der Waals surface area contributed by atoms with Gasteiger partial charge in [0.05, 0.1) is 24.7 Å². The molecule has 2 fully saturated rings. The van der Waals surface area contributed by atoms with Crippen molar-refractivity contribution in [2.24, 2.45) is 0 Å². The van der Waals surface area contributed by atoms with Crippen molar-refractivity contribution in [1.82, 2.24) is 19.7 Å². The highest BCUT2D eigenvalue weighted by atomic mass is 32.2. The zero-order valence-electron chi connectivity index (χ0n) is 15.4. The smallest absolute Gasteiger partial charge is 0.233 e. The quantitative estimate of drug-likeness (QED) is 0.733. The van der Waals surface area contributed by atoms with Crippen LogP contribution in [0, 0.1) is 0 Å². The third-order valence-corrected chi connectivity index (χ3v) is 5.87. The second-order valence-corrected chi connectivity index (χ2v) is 7.73. The van der Waals surface area contributed by atoms with Gasteiger partial charge in [0.2, 0.25) is 11.9 Å². The summed E-state index contributed by atoms with van der Waals surface area (Å²) in [6, 6.07) is 10.2. The number of nitrogens with zero attached hydrogens (tertiary/aromatic N) is 5. The lowest BCUT2D eigenvalue weighted by molar-refractivity contribution is -0.132. The van der Waals surface area contributed by atoms with Crippen LogP contribution in [-0.4, -0.2) is 70.7 Å². The Labute approximate surface area is 163 Å². The maximum absolute atomic E-state index is 12.5. The summed E-state index contributed by atoms with van der Waals surface area (Å²) in [5.41, 5.74) is 1.03. The molecule has 0 radical (unpaired) electrons. The first-order valence-electron chi connectivity index (χ1n) is 9.57. The van der Waals surface area contributed by atoms with Crippen molar-refractivity contribution in [1.29, 1.82) is 0 Å². The third kappa shape index (κ3) is 4.27. The minimum Gasteiger partial charge on any atom is -0.378 e. The number of anilines is 1. The number of aromatic nitrogens is 3. The van der Waals surface area contributed by atoms with Crippen LogP contribution in [0.5, 0.6) is 0 Å². The van der Waals surface area contributed by atoms with E-state index >= 15 is 0 Å². The number of thioether (sulfide) groups is 1. The van der Waals surface area contributed by atoms with Gasteiger partial charge in [-0.2, -0.15) is 0 Å². The number of morpholine rings is 1. The second kappa shape index (κ2) is 8.75. The molecule has 2 aromatic rings. The Hall–Kier alpha value is -2.06. The van der Waals surface area contributed by atoms with Crippen molar-refractivity contribution in [3.05, 3.63) is 30.3 Å². The molecular weight excluding hydrogens is 362 g/mol. The van der Waals surface area contributed by atoms with E-state index in [1.165, 1.54) is 31.0 Å². The molecule has 2 saturated heterocycles. The molecule has 1 aromatic heterocycles. The van der Waals surface area contributed by atoms with Gasteiger partial charge in [0, 0.05) is 26.2 Å². The monoisotopic (exact) mass is 387 g/mol. The van der Waals surface area contributed by atoms with E-state index in [1.54, 1.807) is 0 Å². The number of hydrogen-bond acceptors (Lipinski definition) is 6. The Morgan fingerprint density at radius 3 is 2.48 bits per heavy atom. The molecule has 2 aliphatic heterocycles. The van der Waals surface area contributed by atoms with Gasteiger partial charge in [0.25, 0.3) is 0 Å². The molecule has 4 rings (SSSR count). The first-order chi connectivity index (χ1) is 13.3. The summed E-state index contributed by atoms with van der Waals surface area (Å²) >= 11 is 1.46. The SMILES string of the molecule is O=C(CSc1nnc(N2CCCCC2)n1-c1ccccc1)N1CCOCC1. The van der Waals surface area contributed by atoms with Crippen molar-refractivity contribution in [2.75, 3.05) is 50.0 Å². The van der Waals surface area contributed by atoms with E-state index in [2.05, 4.69) is 31.8 Å². The number of amides is 1. The molecule has 0 spiro atoms. The lowest BCUT2D eigenvalue weighted by Crippen LogP contribution is -2.41. The summed E-state index contributed by atoms with van der Waals surface area (Å²) in [7, 11) is 0. The van der Waals surface area contributed by atoms with Crippen molar-refractivity contribution in [3.8, 4) is 5.69 Å². The van der Waals surface area contributed by atoms with Gasteiger partial charge in [-0.3, -0.25) is 9.36 Å². The van der Waals surface area contributed by atoms with Crippen molar-refractivity contribution in [3.63, 3.8) is 0 Å². The maximum atomic E-state index is 12.5. The first-order valence-corrected chi connectivity index (χ1v) is 10.6. The van der Waals surface area contributed by atoms with E-state index in [4.69, 9.17) is 4.74 Å². The Kier molecular flexibility index (Phi) is 5.94. The Morgan fingerprint density at radius 2 is 1.74 bits per heavy atom. The standard InChI is InChI=1S/C19H25N5O2S/c25-17(22-11-13-26-14-12-22)15-27-19-21-20-18(23-9-5-2-6-10-23)24(19)16-7-3-1-4-8-16/h1,3-4,7-8H,2,5-6,9-15H2. The fraction of sp³-hybridized carbons (Fsp3) is 0.526. The highest BCUT2D eigenvalue weighted by Gasteiger charge is 2.23. The molecule has 8 heteroatoms. The van der Waals surface area contributed by atoms with Gasteiger partial charge in [-0.05, 0) is 31.4 Å². The summed E-state index contributed by atoms with van der Waals surface area (Å²) in [4.78, 5) is 16.7. The van der Waals surface area contributed by atoms with Crippen LogP contribution < -0.4 is 4.90 Å². The average Bonchev–Trinajstić information content (AvgIpc) is 3.18. The maximum Gasteiger partial charge on any atom is 0.233 e. The first kappa shape index (κ1) is 18.3. The summed E-state index contributed by atoms with van der Waals surface area (Å²) in [5.74, 6) is 1.37. The van der Waals surface area contributed by atoms with Crippen LogP contribution in [-0.2, 0) is 9.53 Å². The van der Waals surface area contributed by atoms with Crippen LogP contribution in [0.3, 0.4) is 0 Å². The molecule has 7 nitrogen and oxygen atoms in total. The Bertz CT molecular complexity index is 755.